The SMILES string of the molecule is CCOC(=O)C1=C(C)Nc2[nH]c(=O)[nH]c(=O)c2[C@H]1c1ccc2c(c1)OCO2. The van der Waals surface area contributed by atoms with Gasteiger partial charge in [0.05, 0.1) is 23.7 Å². The van der Waals surface area contributed by atoms with E-state index in [-0.39, 0.29) is 24.8 Å². The minimum atomic E-state index is -0.740. The van der Waals surface area contributed by atoms with Crippen LogP contribution in [0.15, 0.2) is 39.1 Å². The van der Waals surface area contributed by atoms with Crippen LogP contribution < -0.4 is 26.0 Å². The first-order valence-electron chi connectivity index (χ1n) is 8.40. The molecule has 1 aromatic heterocycles. The Balaban J connectivity index is 1.95. The van der Waals surface area contributed by atoms with E-state index in [1.54, 1.807) is 32.0 Å². The van der Waals surface area contributed by atoms with Crippen LogP contribution in [0.5, 0.6) is 11.5 Å². The summed E-state index contributed by atoms with van der Waals surface area (Å²) in [4.78, 5) is 41.7. The number of aromatic amines is 2. The van der Waals surface area contributed by atoms with Crippen molar-refractivity contribution < 1.29 is 19.0 Å². The first-order chi connectivity index (χ1) is 13.0. The number of carbonyl (C=O) groups is 1. The number of anilines is 1. The molecule has 0 unspecified atom stereocenters. The molecular weight excluding hydrogens is 354 g/mol. The Hall–Kier alpha value is -3.49. The largest absolute Gasteiger partial charge is 0.463 e. The summed E-state index contributed by atoms with van der Waals surface area (Å²) < 4.78 is 16.0. The van der Waals surface area contributed by atoms with E-state index >= 15 is 0 Å². The monoisotopic (exact) mass is 371 g/mol. The Bertz CT molecular complexity index is 1080. The predicted octanol–water partition coefficient (Wildman–Crippen LogP) is 1.19. The highest BCUT2D eigenvalue weighted by Crippen LogP contribution is 2.42. The molecule has 3 N–H and O–H groups in total. The van der Waals surface area contributed by atoms with Crippen LogP contribution in [-0.4, -0.2) is 29.3 Å². The van der Waals surface area contributed by atoms with Gasteiger partial charge in [-0.1, -0.05) is 6.07 Å². The van der Waals surface area contributed by atoms with Crippen LogP contribution in [0.2, 0.25) is 0 Å². The molecule has 4 rings (SSSR count). The van der Waals surface area contributed by atoms with Crippen molar-refractivity contribution in [3.8, 4) is 11.5 Å². The fourth-order valence-corrected chi connectivity index (χ4v) is 3.39. The van der Waals surface area contributed by atoms with E-state index in [9.17, 15) is 14.4 Å². The third kappa shape index (κ3) is 2.77. The van der Waals surface area contributed by atoms with Crippen molar-refractivity contribution in [2.45, 2.75) is 19.8 Å². The summed E-state index contributed by atoms with van der Waals surface area (Å²) in [7, 11) is 0. The molecule has 2 aliphatic rings. The summed E-state index contributed by atoms with van der Waals surface area (Å²) >= 11 is 0. The molecule has 140 valence electrons. The summed E-state index contributed by atoms with van der Waals surface area (Å²) in [5.41, 5.74) is 0.427. The number of rotatable bonds is 3. The lowest BCUT2D eigenvalue weighted by atomic mass is 9.82. The summed E-state index contributed by atoms with van der Waals surface area (Å²) in [5.74, 6) is 0.0738. The lowest BCUT2D eigenvalue weighted by molar-refractivity contribution is -0.138. The highest BCUT2D eigenvalue weighted by molar-refractivity contribution is 5.94. The third-order valence-electron chi connectivity index (χ3n) is 4.50. The predicted molar refractivity (Wildman–Crippen MR) is 95.0 cm³/mol. The number of fused-ring (bicyclic) bond motifs is 2. The molecule has 0 amide bonds. The Morgan fingerprint density at radius 2 is 2.00 bits per heavy atom. The van der Waals surface area contributed by atoms with Crippen molar-refractivity contribution >= 4 is 11.8 Å². The van der Waals surface area contributed by atoms with Gasteiger partial charge in [0.25, 0.3) is 5.56 Å². The van der Waals surface area contributed by atoms with Crippen molar-refractivity contribution in [2.75, 3.05) is 18.7 Å². The second-order valence-electron chi connectivity index (χ2n) is 6.13. The lowest BCUT2D eigenvalue weighted by Crippen LogP contribution is -2.35. The molecule has 3 heterocycles. The number of hydrogen-bond donors (Lipinski definition) is 3. The highest BCUT2D eigenvalue weighted by Gasteiger charge is 2.36. The fourth-order valence-electron chi connectivity index (χ4n) is 3.39. The number of carbonyl (C=O) groups excluding carboxylic acids is 1. The highest BCUT2D eigenvalue weighted by atomic mass is 16.7. The van der Waals surface area contributed by atoms with Crippen LogP contribution in [0.1, 0.15) is 30.9 Å². The van der Waals surface area contributed by atoms with Gasteiger partial charge in [-0.25, -0.2) is 9.59 Å². The number of benzene rings is 1. The molecule has 0 saturated carbocycles. The first kappa shape index (κ1) is 17.0. The van der Waals surface area contributed by atoms with Gasteiger partial charge in [-0.2, -0.15) is 0 Å². The number of nitrogens with one attached hydrogen (secondary N) is 3. The van der Waals surface area contributed by atoms with Gasteiger partial charge in [-0.15, -0.1) is 0 Å². The van der Waals surface area contributed by atoms with Crippen LogP contribution >= 0.6 is 0 Å². The quantitative estimate of drug-likeness (QED) is 0.693. The number of allylic oxidation sites excluding steroid dienone is 1. The molecule has 9 nitrogen and oxygen atoms in total. The van der Waals surface area contributed by atoms with Crippen LogP contribution in [0.4, 0.5) is 5.82 Å². The summed E-state index contributed by atoms with van der Waals surface area (Å²) in [6.07, 6.45) is 0. The van der Waals surface area contributed by atoms with E-state index in [4.69, 9.17) is 14.2 Å². The molecule has 0 saturated heterocycles. The zero-order chi connectivity index (χ0) is 19.1. The summed E-state index contributed by atoms with van der Waals surface area (Å²) in [6, 6.07) is 5.20. The molecule has 0 spiro atoms. The maximum Gasteiger partial charge on any atom is 0.336 e. The standard InChI is InChI=1S/C18H17N3O6/c1-3-25-17(23)12-8(2)19-15-14(16(22)21-18(24)20-15)13(12)9-4-5-10-11(6-9)27-7-26-10/h4-6,13H,3,7H2,1-2H3,(H3,19,20,21,22,24)/t13-/m0/s1. The molecule has 27 heavy (non-hydrogen) atoms. The number of ether oxygens (including phenoxy) is 3. The summed E-state index contributed by atoms with van der Waals surface area (Å²) in [5, 5.41) is 2.93. The molecule has 2 aromatic rings. The second-order valence-corrected chi connectivity index (χ2v) is 6.13. The average molecular weight is 371 g/mol. The molecule has 0 fully saturated rings. The minimum Gasteiger partial charge on any atom is -0.463 e. The van der Waals surface area contributed by atoms with Crippen LogP contribution in [-0.2, 0) is 9.53 Å². The maximum absolute atomic E-state index is 12.7. The summed E-state index contributed by atoms with van der Waals surface area (Å²) in [6.45, 7) is 3.69. The Morgan fingerprint density at radius 3 is 2.78 bits per heavy atom. The second kappa shape index (κ2) is 6.35. The zero-order valence-electron chi connectivity index (χ0n) is 14.7. The van der Waals surface area contributed by atoms with Crippen molar-refractivity contribution in [3.05, 3.63) is 61.4 Å². The molecule has 1 atom stereocenters. The van der Waals surface area contributed by atoms with Gasteiger partial charge in [-0.3, -0.25) is 14.8 Å². The smallest absolute Gasteiger partial charge is 0.336 e. The van der Waals surface area contributed by atoms with E-state index < -0.39 is 23.1 Å². The van der Waals surface area contributed by atoms with E-state index in [0.717, 1.165) is 0 Å². The fraction of sp³-hybridized carbons (Fsp3) is 0.278. The van der Waals surface area contributed by atoms with Gasteiger partial charge in [0, 0.05) is 5.70 Å². The van der Waals surface area contributed by atoms with Gasteiger partial charge in [0.2, 0.25) is 6.79 Å². The average Bonchev–Trinajstić information content (AvgIpc) is 3.07. The third-order valence-corrected chi connectivity index (χ3v) is 4.50. The zero-order valence-corrected chi connectivity index (χ0v) is 14.7. The van der Waals surface area contributed by atoms with Gasteiger partial charge in [0.15, 0.2) is 11.5 Å². The minimum absolute atomic E-state index is 0.106. The Labute approximate surface area is 153 Å². The molecule has 9 heteroatoms. The maximum atomic E-state index is 12.7. The van der Waals surface area contributed by atoms with Gasteiger partial charge >= 0.3 is 11.7 Å². The molecule has 1 aromatic carbocycles. The van der Waals surface area contributed by atoms with E-state index in [1.165, 1.54) is 0 Å². The van der Waals surface area contributed by atoms with Crippen molar-refractivity contribution in [2.24, 2.45) is 0 Å². The number of hydrogen-bond acceptors (Lipinski definition) is 7. The van der Waals surface area contributed by atoms with E-state index in [0.29, 0.717) is 28.3 Å². The Morgan fingerprint density at radius 1 is 1.22 bits per heavy atom. The van der Waals surface area contributed by atoms with Crippen molar-refractivity contribution in [1.29, 1.82) is 0 Å². The molecular formula is C18H17N3O6. The molecule has 0 radical (unpaired) electrons. The van der Waals surface area contributed by atoms with Crippen molar-refractivity contribution in [1.82, 2.24) is 9.97 Å². The lowest BCUT2D eigenvalue weighted by Gasteiger charge is -2.28. The van der Waals surface area contributed by atoms with Gasteiger partial charge in [0.1, 0.15) is 5.82 Å². The van der Waals surface area contributed by atoms with E-state index in [2.05, 4.69) is 15.3 Å². The first-order valence-corrected chi connectivity index (χ1v) is 8.40. The van der Waals surface area contributed by atoms with Gasteiger partial charge in [-0.05, 0) is 31.5 Å². The molecule has 2 aliphatic heterocycles. The van der Waals surface area contributed by atoms with Crippen LogP contribution in [0.25, 0.3) is 0 Å². The van der Waals surface area contributed by atoms with Crippen LogP contribution in [0, 0.1) is 0 Å². The number of H-pyrrole nitrogens is 2. The molecule has 0 aliphatic carbocycles. The van der Waals surface area contributed by atoms with Crippen molar-refractivity contribution in [3.63, 3.8) is 0 Å². The van der Waals surface area contributed by atoms with E-state index in [1.807, 2.05) is 0 Å². The van der Waals surface area contributed by atoms with Crippen LogP contribution in [0.3, 0.4) is 0 Å². The number of aromatic nitrogens is 2. The molecule has 0 bridgehead atoms. The topological polar surface area (TPSA) is 123 Å². The number of esters is 1. The normalized spacial score (nSPS) is 17.3. The Kier molecular flexibility index (Phi) is 3.98. The van der Waals surface area contributed by atoms with Gasteiger partial charge < -0.3 is 19.5 Å².